The quantitative estimate of drug-likeness (QED) is 0.780. The Morgan fingerprint density at radius 2 is 2.17 bits per heavy atom. The van der Waals surface area contributed by atoms with Crippen LogP contribution >= 0.6 is 0 Å². The number of carbonyl (C=O) groups excluding carboxylic acids is 1. The molecule has 0 N–H and O–H groups in total. The summed E-state index contributed by atoms with van der Waals surface area (Å²) in [4.78, 5) is 13.9. The summed E-state index contributed by atoms with van der Waals surface area (Å²) >= 11 is 0. The first-order valence-electron chi connectivity index (χ1n) is 8.10. The topological polar surface area (TPSA) is 56.0 Å². The van der Waals surface area contributed by atoms with E-state index in [1.807, 2.05) is 13.0 Å². The first-order chi connectivity index (χ1) is 11.5. The molecule has 1 aliphatic carbocycles. The summed E-state index contributed by atoms with van der Waals surface area (Å²) in [6, 6.07) is 3.28. The van der Waals surface area contributed by atoms with Crippen LogP contribution in [0.15, 0.2) is 18.3 Å². The molecule has 24 heavy (non-hydrogen) atoms. The Morgan fingerprint density at radius 1 is 1.42 bits per heavy atom. The van der Waals surface area contributed by atoms with E-state index in [-0.39, 0.29) is 24.1 Å². The highest BCUT2D eigenvalue weighted by Crippen LogP contribution is 2.40. The predicted molar refractivity (Wildman–Crippen MR) is 83.5 cm³/mol. The fraction of sp³-hybridized carbons (Fsp3) is 0.562. The summed E-state index contributed by atoms with van der Waals surface area (Å²) < 4.78 is 29.3. The number of nitrogens with zero attached hydrogens (tertiary/aromatic N) is 5. The minimum Gasteiger partial charge on any atom is -0.338 e. The van der Waals surface area contributed by atoms with Crippen molar-refractivity contribution in [2.45, 2.75) is 51.7 Å². The van der Waals surface area contributed by atoms with Crippen molar-refractivity contribution < 1.29 is 13.6 Å². The van der Waals surface area contributed by atoms with Crippen LogP contribution in [0, 0.1) is 0 Å². The Labute approximate surface area is 139 Å². The van der Waals surface area contributed by atoms with E-state index in [0.717, 1.165) is 23.2 Å². The average Bonchev–Trinajstić information content (AvgIpc) is 3.16. The summed E-state index contributed by atoms with van der Waals surface area (Å²) in [6.45, 7) is 2.89. The predicted octanol–water partition coefficient (Wildman–Crippen LogP) is 2.57. The number of carbonyl (C=O) groups is 1. The lowest BCUT2D eigenvalue weighted by Crippen LogP contribution is -2.31. The molecule has 3 rings (SSSR count). The summed E-state index contributed by atoms with van der Waals surface area (Å²) in [6.07, 6.45) is 1.01. The SMILES string of the molecule is CCn1nccc1CN(C)C(=O)Cn1nc(C2CC2)cc1C(F)F. The van der Waals surface area contributed by atoms with Crippen molar-refractivity contribution in [2.24, 2.45) is 0 Å². The van der Waals surface area contributed by atoms with Gasteiger partial charge in [-0.3, -0.25) is 14.2 Å². The molecule has 6 nitrogen and oxygen atoms in total. The number of halogens is 2. The highest BCUT2D eigenvalue weighted by atomic mass is 19.3. The van der Waals surface area contributed by atoms with Crippen molar-refractivity contribution >= 4 is 5.91 Å². The van der Waals surface area contributed by atoms with E-state index >= 15 is 0 Å². The van der Waals surface area contributed by atoms with Crippen LogP contribution in [0.2, 0.25) is 0 Å². The third kappa shape index (κ3) is 3.47. The number of amides is 1. The lowest BCUT2D eigenvalue weighted by atomic mass is 10.3. The molecule has 0 aliphatic heterocycles. The Hall–Kier alpha value is -2.25. The Bertz CT molecular complexity index is 720. The second-order valence-corrected chi connectivity index (χ2v) is 6.11. The highest BCUT2D eigenvalue weighted by Gasteiger charge is 2.29. The van der Waals surface area contributed by atoms with Crippen LogP contribution in [0.1, 0.15) is 49.2 Å². The van der Waals surface area contributed by atoms with Crippen molar-refractivity contribution in [3.8, 4) is 0 Å². The van der Waals surface area contributed by atoms with Crippen LogP contribution in [0.4, 0.5) is 8.78 Å². The molecule has 0 atom stereocenters. The van der Waals surface area contributed by atoms with Gasteiger partial charge in [0.2, 0.25) is 5.91 Å². The maximum absolute atomic E-state index is 13.2. The van der Waals surface area contributed by atoms with Crippen LogP contribution in [0.3, 0.4) is 0 Å². The van der Waals surface area contributed by atoms with E-state index in [4.69, 9.17) is 0 Å². The zero-order chi connectivity index (χ0) is 17.3. The molecular formula is C16H21F2N5O. The third-order valence-corrected chi connectivity index (χ3v) is 4.26. The molecule has 0 radical (unpaired) electrons. The van der Waals surface area contributed by atoms with Crippen LogP contribution in [0.5, 0.6) is 0 Å². The molecular weight excluding hydrogens is 316 g/mol. The van der Waals surface area contributed by atoms with Gasteiger partial charge in [-0.05, 0) is 31.9 Å². The molecule has 0 unspecified atom stereocenters. The first kappa shape index (κ1) is 16.6. The molecule has 0 bridgehead atoms. The number of hydrogen-bond acceptors (Lipinski definition) is 3. The van der Waals surface area contributed by atoms with E-state index in [1.165, 1.54) is 11.0 Å². The fourth-order valence-electron chi connectivity index (χ4n) is 2.69. The van der Waals surface area contributed by atoms with Crippen molar-refractivity contribution in [1.82, 2.24) is 24.5 Å². The van der Waals surface area contributed by atoms with Gasteiger partial charge in [0.25, 0.3) is 6.43 Å². The molecule has 0 aromatic carbocycles. The molecule has 2 heterocycles. The molecule has 0 spiro atoms. The summed E-state index contributed by atoms with van der Waals surface area (Å²) in [5.41, 5.74) is 1.39. The van der Waals surface area contributed by atoms with Gasteiger partial charge in [0.15, 0.2) is 0 Å². The van der Waals surface area contributed by atoms with Gasteiger partial charge in [-0.15, -0.1) is 0 Å². The largest absolute Gasteiger partial charge is 0.338 e. The lowest BCUT2D eigenvalue weighted by molar-refractivity contribution is -0.131. The third-order valence-electron chi connectivity index (χ3n) is 4.26. The van der Waals surface area contributed by atoms with Crippen LogP contribution in [0.25, 0.3) is 0 Å². The van der Waals surface area contributed by atoms with Crippen molar-refractivity contribution in [1.29, 1.82) is 0 Å². The van der Waals surface area contributed by atoms with E-state index in [1.54, 1.807) is 17.9 Å². The second-order valence-electron chi connectivity index (χ2n) is 6.11. The summed E-state index contributed by atoms with van der Waals surface area (Å²) in [5.74, 6) is 0.0155. The van der Waals surface area contributed by atoms with E-state index in [2.05, 4.69) is 10.2 Å². The minimum atomic E-state index is -2.63. The lowest BCUT2D eigenvalue weighted by Gasteiger charge is -2.18. The zero-order valence-electron chi connectivity index (χ0n) is 13.8. The van der Waals surface area contributed by atoms with Gasteiger partial charge in [0.05, 0.1) is 17.9 Å². The molecule has 2 aromatic heterocycles. The summed E-state index contributed by atoms with van der Waals surface area (Å²) in [5, 5.41) is 8.38. The van der Waals surface area contributed by atoms with Crippen molar-refractivity contribution in [3.05, 3.63) is 35.4 Å². The molecule has 1 aliphatic rings. The molecule has 8 heteroatoms. The average molecular weight is 337 g/mol. The molecule has 1 amide bonds. The van der Waals surface area contributed by atoms with E-state index in [9.17, 15) is 13.6 Å². The molecule has 130 valence electrons. The zero-order valence-corrected chi connectivity index (χ0v) is 13.8. The van der Waals surface area contributed by atoms with Crippen molar-refractivity contribution in [2.75, 3.05) is 7.05 Å². The van der Waals surface area contributed by atoms with Crippen LogP contribution < -0.4 is 0 Å². The smallest absolute Gasteiger partial charge is 0.280 e. The van der Waals surface area contributed by atoms with Gasteiger partial charge >= 0.3 is 0 Å². The first-order valence-corrected chi connectivity index (χ1v) is 8.10. The monoisotopic (exact) mass is 337 g/mol. The number of aryl methyl sites for hydroxylation is 1. The van der Waals surface area contributed by atoms with Gasteiger partial charge < -0.3 is 4.90 Å². The number of alkyl halides is 2. The van der Waals surface area contributed by atoms with Gasteiger partial charge in [-0.1, -0.05) is 0 Å². The maximum Gasteiger partial charge on any atom is 0.280 e. The molecule has 1 fully saturated rings. The van der Waals surface area contributed by atoms with Gasteiger partial charge in [0, 0.05) is 25.7 Å². The van der Waals surface area contributed by atoms with Crippen LogP contribution in [-0.4, -0.2) is 37.4 Å². The number of aromatic nitrogens is 4. The van der Waals surface area contributed by atoms with Crippen molar-refractivity contribution in [3.63, 3.8) is 0 Å². The van der Waals surface area contributed by atoms with Gasteiger partial charge in [-0.25, -0.2) is 8.78 Å². The Kier molecular flexibility index (Phi) is 4.64. The standard InChI is InChI=1S/C16H21F2N5O/c1-3-22-12(6-7-19-22)9-21(2)15(24)10-23-14(16(17)18)8-13(20-23)11-4-5-11/h6-8,11,16H,3-5,9-10H2,1-2H3. The van der Waals surface area contributed by atoms with Gasteiger partial charge in [0.1, 0.15) is 12.2 Å². The molecule has 2 aromatic rings. The van der Waals surface area contributed by atoms with Crippen LogP contribution in [-0.2, 0) is 24.4 Å². The number of hydrogen-bond donors (Lipinski definition) is 0. The molecule has 1 saturated carbocycles. The Morgan fingerprint density at radius 3 is 2.79 bits per heavy atom. The fourth-order valence-corrected chi connectivity index (χ4v) is 2.69. The number of rotatable bonds is 7. The molecule has 0 saturated heterocycles. The van der Waals surface area contributed by atoms with E-state index < -0.39 is 6.43 Å². The second kappa shape index (κ2) is 6.70. The maximum atomic E-state index is 13.2. The highest BCUT2D eigenvalue weighted by molar-refractivity contribution is 5.75. The minimum absolute atomic E-state index is 0.177. The van der Waals surface area contributed by atoms with Gasteiger partial charge in [-0.2, -0.15) is 10.2 Å². The van der Waals surface area contributed by atoms with E-state index in [0.29, 0.717) is 18.8 Å². The number of likely N-dealkylation sites (N-methyl/N-ethyl adjacent to an activating group) is 1. The summed E-state index contributed by atoms with van der Waals surface area (Å²) in [7, 11) is 1.66. The Balaban J connectivity index is 1.69. The normalized spacial score (nSPS) is 14.4.